The van der Waals surface area contributed by atoms with Crippen molar-refractivity contribution in [2.24, 2.45) is 5.92 Å². The van der Waals surface area contributed by atoms with Crippen LogP contribution in [0.15, 0.2) is 0 Å². The van der Waals surface area contributed by atoms with E-state index in [1.54, 1.807) is 0 Å². The lowest BCUT2D eigenvalue weighted by atomic mass is 9.88. The predicted octanol–water partition coefficient (Wildman–Crippen LogP) is 5.86. The first-order valence-corrected chi connectivity index (χ1v) is 8.26. The Morgan fingerprint density at radius 1 is 0.684 bits per heavy atom. The van der Waals surface area contributed by atoms with Crippen LogP contribution in [0.4, 0.5) is 17.6 Å². The highest BCUT2D eigenvalue weighted by Gasteiger charge is 2.69. The van der Waals surface area contributed by atoms with Crippen molar-refractivity contribution < 1.29 is 17.6 Å². The second-order valence-corrected chi connectivity index (χ2v) is 7.16. The van der Waals surface area contributed by atoms with Crippen molar-refractivity contribution in [3.8, 4) is 0 Å². The number of thioether (sulfide) groups is 1. The van der Waals surface area contributed by atoms with Crippen molar-refractivity contribution in [1.82, 2.24) is 0 Å². The summed E-state index contributed by atoms with van der Waals surface area (Å²) in [4.78, 5) is 0. The van der Waals surface area contributed by atoms with Crippen LogP contribution in [0.3, 0.4) is 0 Å². The minimum atomic E-state index is -3.87. The fourth-order valence-electron chi connectivity index (χ4n) is 3.20. The van der Waals surface area contributed by atoms with Crippen LogP contribution in [0.1, 0.15) is 64.2 Å². The molecule has 112 valence electrons. The number of fused-ring (bicyclic) bond motifs is 1. The van der Waals surface area contributed by atoms with E-state index in [9.17, 15) is 17.6 Å². The summed E-state index contributed by atoms with van der Waals surface area (Å²) in [6, 6.07) is 0. The maximum Gasteiger partial charge on any atom is 0.356 e. The molecule has 19 heavy (non-hydrogen) atoms. The highest BCUT2D eigenvalue weighted by molar-refractivity contribution is 8.01. The van der Waals surface area contributed by atoms with Crippen LogP contribution in [0.5, 0.6) is 0 Å². The molecule has 0 bridgehead atoms. The molecule has 0 unspecified atom stereocenters. The van der Waals surface area contributed by atoms with Crippen molar-refractivity contribution in [3.63, 3.8) is 0 Å². The zero-order valence-electron chi connectivity index (χ0n) is 11.1. The van der Waals surface area contributed by atoms with Gasteiger partial charge in [0.05, 0.1) is 0 Å². The average molecular weight is 298 g/mol. The molecule has 1 saturated carbocycles. The van der Waals surface area contributed by atoms with Gasteiger partial charge < -0.3 is 0 Å². The highest BCUT2D eigenvalue weighted by atomic mass is 32.2. The largest absolute Gasteiger partial charge is 0.356 e. The summed E-state index contributed by atoms with van der Waals surface area (Å²) in [6.07, 6.45) is 8.61. The first kappa shape index (κ1) is 15.5. The zero-order chi connectivity index (χ0) is 13.9. The number of alkyl halides is 4. The molecule has 2 atom stereocenters. The molecule has 1 aliphatic heterocycles. The molecule has 0 aromatic carbocycles. The third-order valence-corrected chi connectivity index (χ3v) is 5.79. The highest BCUT2D eigenvalue weighted by Crippen LogP contribution is 2.60. The summed E-state index contributed by atoms with van der Waals surface area (Å²) < 4.78 is 54.6. The Balaban J connectivity index is 2.04. The second kappa shape index (κ2) is 6.23. The van der Waals surface area contributed by atoms with Crippen LogP contribution in [0.2, 0.25) is 0 Å². The van der Waals surface area contributed by atoms with Crippen LogP contribution in [0.25, 0.3) is 0 Å². The van der Waals surface area contributed by atoms with Gasteiger partial charge in [-0.15, -0.1) is 0 Å². The molecule has 5 heteroatoms. The minimum Gasteiger partial charge on any atom is -0.198 e. The smallest absolute Gasteiger partial charge is 0.198 e. The Kier molecular flexibility index (Phi) is 5.07. The van der Waals surface area contributed by atoms with E-state index in [1.807, 2.05) is 0 Å². The van der Waals surface area contributed by atoms with Gasteiger partial charge in [0, 0.05) is 11.2 Å². The standard InChI is InChI=1S/C14H22F4S/c15-13(16)11-9-7-5-3-1-2-4-6-8-10-12(11)19-14(13,17)18/h11-12H,1-10H2/t11-,12-/m1/s1. The van der Waals surface area contributed by atoms with Crippen molar-refractivity contribution in [2.75, 3.05) is 0 Å². The molecule has 0 nitrogen and oxygen atoms in total. The molecule has 0 aromatic rings. The van der Waals surface area contributed by atoms with Crippen molar-refractivity contribution in [2.45, 2.75) is 80.6 Å². The van der Waals surface area contributed by atoms with Crippen molar-refractivity contribution >= 4 is 11.8 Å². The third kappa shape index (κ3) is 3.40. The van der Waals surface area contributed by atoms with E-state index in [1.165, 1.54) is 6.42 Å². The summed E-state index contributed by atoms with van der Waals surface area (Å²) in [7, 11) is 0. The van der Waals surface area contributed by atoms with Gasteiger partial charge in [0.25, 0.3) is 0 Å². The van der Waals surface area contributed by atoms with Gasteiger partial charge in [0.15, 0.2) is 0 Å². The molecular formula is C14H22F4S. The van der Waals surface area contributed by atoms with Gasteiger partial charge in [-0.05, 0) is 12.8 Å². The summed E-state index contributed by atoms with van der Waals surface area (Å²) in [5.41, 5.74) is 0. The fraction of sp³-hybridized carbons (Fsp3) is 1.00. The first-order chi connectivity index (χ1) is 8.95. The normalized spacial score (nSPS) is 36.0. The van der Waals surface area contributed by atoms with Crippen LogP contribution < -0.4 is 0 Å². The Morgan fingerprint density at radius 3 is 1.74 bits per heavy atom. The monoisotopic (exact) mass is 298 g/mol. The lowest BCUT2D eigenvalue weighted by Gasteiger charge is -2.24. The Labute approximate surface area is 116 Å². The maximum absolute atomic E-state index is 13.8. The second-order valence-electron chi connectivity index (χ2n) is 5.81. The lowest BCUT2D eigenvalue weighted by Crippen LogP contribution is -2.39. The van der Waals surface area contributed by atoms with Gasteiger partial charge in [-0.2, -0.15) is 17.6 Å². The van der Waals surface area contributed by atoms with Gasteiger partial charge in [0.2, 0.25) is 0 Å². The van der Waals surface area contributed by atoms with Gasteiger partial charge in [0.1, 0.15) is 0 Å². The fourth-order valence-corrected chi connectivity index (χ4v) is 4.64. The SMILES string of the molecule is FC1(F)S[C@@H]2CCCCCCCCCC[C@H]2C1(F)F. The summed E-state index contributed by atoms with van der Waals surface area (Å²) >= 11 is 0.226. The van der Waals surface area contributed by atoms with Gasteiger partial charge in [-0.25, -0.2) is 0 Å². The topological polar surface area (TPSA) is 0 Å². The molecule has 0 N–H and O–H groups in total. The van der Waals surface area contributed by atoms with E-state index in [0.717, 1.165) is 38.5 Å². The van der Waals surface area contributed by atoms with Crippen molar-refractivity contribution in [1.29, 1.82) is 0 Å². The molecule has 1 heterocycles. The molecule has 0 spiro atoms. The van der Waals surface area contributed by atoms with Gasteiger partial charge >= 0.3 is 11.2 Å². The van der Waals surface area contributed by atoms with E-state index in [-0.39, 0.29) is 18.2 Å². The molecule has 2 rings (SSSR count). The number of halogens is 4. The number of rotatable bonds is 0. The third-order valence-electron chi connectivity index (χ3n) is 4.36. The lowest BCUT2D eigenvalue weighted by molar-refractivity contribution is -0.175. The van der Waals surface area contributed by atoms with E-state index in [4.69, 9.17) is 0 Å². The van der Waals surface area contributed by atoms with Crippen LogP contribution in [-0.4, -0.2) is 16.4 Å². The van der Waals surface area contributed by atoms with Crippen LogP contribution in [0, 0.1) is 5.92 Å². The molecule has 1 aliphatic carbocycles. The molecule has 0 aromatic heterocycles. The van der Waals surface area contributed by atoms with E-state index in [2.05, 4.69) is 0 Å². The molecular weight excluding hydrogens is 276 g/mol. The average Bonchev–Trinajstić information content (AvgIpc) is 2.47. The number of hydrogen-bond acceptors (Lipinski definition) is 1. The van der Waals surface area contributed by atoms with Gasteiger partial charge in [-0.1, -0.05) is 63.1 Å². The maximum atomic E-state index is 13.8. The molecule has 2 aliphatic rings. The van der Waals surface area contributed by atoms with E-state index < -0.39 is 22.3 Å². The van der Waals surface area contributed by atoms with Crippen LogP contribution in [-0.2, 0) is 0 Å². The molecule has 1 saturated heterocycles. The molecule has 0 amide bonds. The molecule has 0 radical (unpaired) electrons. The van der Waals surface area contributed by atoms with E-state index >= 15 is 0 Å². The quantitative estimate of drug-likeness (QED) is 0.505. The minimum absolute atomic E-state index is 0.226. The summed E-state index contributed by atoms with van der Waals surface area (Å²) in [5, 5.41) is -4.44. The molecule has 2 fully saturated rings. The van der Waals surface area contributed by atoms with Crippen LogP contribution >= 0.6 is 11.8 Å². The first-order valence-electron chi connectivity index (χ1n) is 7.38. The van der Waals surface area contributed by atoms with E-state index in [0.29, 0.717) is 12.8 Å². The summed E-state index contributed by atoms with van der Waals surface area (Å²) in [6.45, 7) is 0. The predicted molar refractivity (Wildman–Crippen MR) is 70.9 cm³/mol. The van der Waals surface area contributed by atoms with Crippen molar-refractivity contribution in [3.05, 3.63) is 0 Å². The zero-order valence-corrected chi connectivity index (χ0v) is 12.0. The Bertz CT molecular complexity index is 293. The number of hydrogen-bond donors (Lipinski definition) is 0. The van der Waals surface area contributed by atoms with Gasteiger partial charge in [-0.3, -0.25) is 0 Å². The Morgan fingerprint density at radius 2 is 1.16 bits per heavy atom. The summed E-state index contributed by atoms with van der Waals surface area (Å²) in [5.74, 6) is -4.96. The Hall–Kier alpha value is 0.0700.